The van der Waals surface area contributed by atoms with Crippen molar-refractivity contribution < 1.29 is 4.79 Å². The third-order valence-corrected chi connectivity index (χ3v) is 2.83. The summed E-state index contributed by atoms with van der Waals surface area (Å²) in [4.78, 5) is 16.8. The minimum Gasteiger partial charge on any atom is -0.397 e. The number of anilines is 1. The van der Waals surface area contributed by atoms with Gasteiger partial charge >= 0.3 is 0 Å². The molecule has 90 valence electrons. The highest BCUT2D eigenvalue weighted by Gasteiger charge is 2.17. The molecule has 16 heavy (non-hydrogen) atoms. The van der Waals surface area contributed by atoms with Crippen LogP contribution >= 0.6 is 0 Å². The maximum atomic E-state index is 12.1. The smallest absolute Gasteiger partial charge is 0.270 e. The molecule has 0 aromatic carbocycles. The molecule has 1 heterocycles. The fraction of sp³-hybridized carbons (Fsp3) is 0.583. The Balaban J connectivity index is 2.69. The number of hydrogen-bond acceptors (Lipinski definition) is 2. The molecule has 3 N–H and O–H groups in total. The van der Waals surface area contributed by atoms with Crippen molar-refractivity contribution >= 4 is 11.6 Å². The van der Waals surface area contributed by atoms with E-state index in [9.17, 15) is 4.79 Å². The Bertz CT molecular complexity index is 346. The van der Waals surface area contributed by atoms with Gasteiger partial charge in [-0.15, -0.1) is 0 Å². The normalized spacial score (nSPS) is 12.4. The van der Waals surface area contributed by atoms with Crippen LogP contribution in [0.25, 0.3) is 0 Å². The maximum Gasteiger partial charge on any atom is 0.270 e. The second-order valence-electron chi connectivity index (χ2n) is 4.20. The van der Waals surface area contributed by atoms with E-state index in [1.807, 2.05) is 11.8 Å². The Morgan fingerprint density at radius 1 is 1.56 bits per heavy atom. The average molecular weight is 223 g/mol. The number of carbonyl (C=O) groups is 1. The van der Waals surface area contributed by atoms with Crippen molar-refractivity contribution in [2.45, 2.75) is 27.2 Å². The molecule has 1 amide bonds. The van der Waals surface area contributed by atoms with Crippen molar-refractivity contribution in [2.75, 3.05) is 18.8 Å². The van der Waals surface area contributed by atoms with Crippen LogP contribution < -0.4 is 5.73 Å². The number of H-pyrrole nitrogens is 1. The van der Waals surface area contributed by atoms with Crippen LogP contribution in [0.15, 0.2) is 12.3 Å². The van der Waals surface area contributed by atoms with Crippen molar-refractivity contribution in [3.8, 4) is 0 Å². The maximum absolute atomic E-state index is 12.1. The van der Waals surface area contributed by atoms with Crippen molar-refractivity contribution in [1.29, 1.82) is 0 Å². The summed E-state index contributed by atoms with van der Waals surface area (Å²) >= 11 is 0. The lowest BCUT2D eigenvalue weighted by Gasteiger charge is -2.23. The Labute approximate surface area is 96.8 Å². The molecule has 0 fully saturated rings. The first-order valence-corrected chi connectivity index (χ1v) is 5.81. The lowest BCUT2D eigenvalue weighted by molar-refractivity contribution is 0.0735. The van der Waals surface area contributed by atoms with Crippen molar-refractivity contribution in [2.24, 2.45) is 5.92 Å². The molecule has 0 aliphatic carbocycles. The summed E-state index contributed by atoms with van der Waals surface area (Å²) in [6.07, 6.45) is 2.72. The molecule has 1 aromatic heterocycles. The second kappa shape index (κ2) is 5.58. The molecule has 0 spiro atoms. The lowest BCUT2D eigenvalue weighted by atomic mass is 10.1. The first-order chi connectivity index (χ1) is 7.58. The van der Waals surface area contributed by atoms with Crippen LogP contribution in [0.5, 0.6) is 0 Å². The van der Waals surface area contributed by atoms with Gasteiger partial charge in [-0.25, -0.2) is 0 Å². The average Bonchev–Trinajstić information content (AvgIpc) is 2.71. The van der Waals surface area contributed by atoms with E-state index in [0.717, 1.165) is 19.5 Å². The molecule has 0 saturated carbocycles. The van der Waals surface area contributed by atoms with E-state index in [-0.39, 0.29) is 5.91 Å². The number of nitrogens with two attached hydrogens (primary N) is 1. The van der Waals surface area contributed by atoms with E-state index in [2.05, 4.69) is 18.8 Å². The molecule has 0 bridgehead atoms. The molecule has 0 saturated heterocycles. The number of rotatable bonds is 5. The quantitative estimate of drug-likeness (QED) is 0.803. The van der Waals surface area contributed by atoms with Crippen LogP contribution in [0.4, 0.5) is 5.69 Å². The van der Waals surface area contributed by atoms with Gasteiger partial charge in [-0.3, -0.25) is 4.79 Å². The van der Waals surface area contributed by atoms with Crippen LogP contribution in [0, 0.1) is 5.92 Å². The molecule has 1 unspecified atom stereocenters. The molecule has 4 heteroatoms. The minimum atomic E-state index is 0.0273. The number of nitrogen functional groups attached to an aromatic ring is 1. The predicted octanol–water partition coefficient (Wildman–Crippen LogP) is 2.11. The highest BCUT2D eigenvalue weighted by atomic mass is 16.2. The highest BCUT2D eigenvalue weighted by Crippen LogP contribution is 2.11. The van der Waals surface area contributed by atoms with Crippen LogP contribution in [-0.2, 0) is 0 Å². The third kappa shape index (κ3) is 3.02. The fourth-order valence-corrected chi connectivity index (χ4v) is 1.57. The van der Waals surface area contributed by atoms with Gasteiger partial charge in [0.05, 0.1) is 0 Å². The van der Waals surface area contributed by atoms with Gasteiger partial charge in [0.2, 0.25) is 0 Å². The van der Waals surface area contributed by atoms with Crippen LogP contribution in [0.2, 0.25) is 0 Å². The number of aromatic nitrogens is 1. The highest BCUT2D eigenvalue weighted by molar-refractivity contribution is 5.93. The van der Waals surface area contributed by atoms with Gasteiger partial charge in [0, 0.05) is 25.0 Å². The van der Waals surface area contributed by atoms with E-state index in [1.54, 1.807) is 12.3 Å². The monoisotopic (exact) mass is 223 g/mol. The summed E-state index contributed by atoms with van der Waals surface area (Å²) in [7, 11) is 0. The third-order valence-electron chi connectivity index (χ3n) is 2.83. The minimum absolute atomic E-state index is 0.0273. The summed E-state index contributed by atoms with van der Waals surface area (Å²) in [6, 6.07) is 1.68. The number of amides is 1. The molecular formula is C12H21N3O. The van der Waals surface area contributed by atoms with E-state index in [0.29, 0.717) is 17.3 Å². The number of nitrogens with zero attached hydrogens (tertiary/aromatic N) is 1. The fourth-order valence-electron chi connectivity index (χ4n) is 1.57. The first-order valence-electron chi connectivity index (χ1n) is 5.81. The van der Waals surface area contributed by atoms with E-state index in [1.165, 1.54) is 0 Å². The summed E-state index contributed by atoms with van der Waals surface area (Å²) in [5, 5.41) is 0. The molecule has 4 nitrogen and oxygen atoms in total. The Hall–Kier alpha value is -1.45. The molecule has 1 rings (SSSR count). The largest absolute Gasteiger partial charge is 0.397 e. The SMILES string of the molecule is CCC(C)CN(CC)C(=O)c1cc(N)c[nH]1. The Morgan fingerprint density at radius 2 is 2.25 bits per heavy atom. The van der Waals surface area contributed by atoms with Gasteiger partial charge in [-0.2, -0.15) is 0 Å². The molecule has 1 aromatic rings. The lowest BCUT2D eigenvalue weighted by Crippen LogP contribution is -2.34. The van der Waals surface area contributed by atoms with Crippen LogP contribution in [-0.4, -0.2) is 28.9 Å². The Morgan fingerprint density at radius 3 is 2.69 bits per heavy atom. The summed E-state index contributed by atoms with van der Waals surface area (Å²) in [5.74, 6) is 0.552. The van der Waals surface area contributed by atoms with Crippen molar-refractivity contribution in [1.82, 2.24) is 9.88 Å². The molecule has 0 radical (unpaired) electrons. The molecular weight excluding hydrogens is 202 g/mol. The zero-order chi connectivity index (χ0) is 12.1. The summed E-state index contributed by atoms with van der Waals surface area (Å²) < 4.78 is 0. The number of aromatic amines is 1. The van der Waals surface area contributed by atoms with Crippen molar-refractivity contribution in [3.63, 3.8) is 0 Å². The molecule has 0 aliphatic rings. The topological polar surface area (TPSA) is 62.1 Å². The second-order valence-corrected chi connectivity index (χ2v) is 4.20. The van der Waals surface area contributed by atoms with Crippen molar-refractivity contribution in [3.05, 3.63) is 18.0 Å². The zero-order valence-corrected chi connectivity index (χ0v) is 10.3. The van der Waals surface area contributed by atoms with E-state index >= 15 is 0 Å². The van der Waals surface area contributed by atoms with Gasteiger partial charge in [0.25, 0.3) is 5.91 Å². The van der Waals surface area contributed by atoms with Crippen LogP contribution in [0.3, 0.4) is 0 Å². The molecule has 0 aliphatic heterocycles. The zero-order valence-electron chi connectivity index (χ0n) is 10.3. The van der Waals surface area contributed by atoms with Gasteiger partial charge in [-0.05, 0) is 18.9 Å². The van der Waals surface area contributed by atoms with Crippen LogP contribution in [0.1, 0.15) is 37.7 Å². The predicted molar refractivity (Wildman–Crippen MR) is 66.2 cm³/mol. The van der Waals surface area contributed by atoms with E-state index < -0.39 is 0 Å². The van der Waals surface area contributed by atoms with Gasteiger partial charge < -0.3 is 15.6 Å². The summed E-state index contributed by atoms with van der Waals surface area (Å²) in [6.45, 7) is 7.80. The van der Waals surface area contributed by atoms with Gasteiger partial charge in [0.1, 0.15) is 5.69 Å². The summed E-state index contributed by atoms with van der Waals surface area (Å²) in [5.41, 5.74) is 6.76. The number of carbonyl (C=O) groups excluding carboxylic acids is 1. The first kappa shape index (κ1) is 12.6. The standard InChI is InChI=1S/C12H21N3O/c1-4-9(3)8-15(5-2)12(16)11-6-10(13)7-14-11/h6-7,9,14H,4-5,8,13H2,1-3H3. The molecule has 1 atom stereocenters. The number of hydrogen-bond donors (Lipinski definition) is 2. The van der Waals surface area contributed by atoms with Gasteiger partial charge in [0.15, 0.2) is 0 Å². The Kier molecular flexibility index (Phi) is 4.40. The van der Waals surface area contributed by atoms with Gasteiger partial charge in [-0.1, -0.05) is 20.3 Å². The van der Waals surface area contributed by atoms with E-state index in [4.69, 9.17) is 5.73 Å². The number of nitrogens with one attached hydrogen (secondary N) is 1.